The number of benzene rings is 2. The van der Waals surface area contributed by atoms with Crippen LogP contribution in [0.25, 0.3) is 11.3 Å². The predicted octanol–water partition coefficient (Wildman–Crippen LogP) is 3.43. The molecule has 148 valence electrons. The third-order valence-corrected chi connectivity index (χ3v) is 3.92. The van der Waals surface area contributed by atoms with Gasteiger partial charge in [0.05, 0.1) is 30.5 Å². The number of rotatable bonds is 8. The van der Waals surface area contributed by atoms with E-state index in [1.54, 1.807) is 43.5 Å². The lowest BCUT2D eigenvalue weighted by atomic mass is 10.1. The summed E-state index contributed by atoms with van der Waals surface area (Å²) in [7, 11) is 1.55. The van der Waals surface area contributed by atoms with Gasteiger partial charge in [0, 0.05) is 17.7 Å². The highest BCUT2D eigenvalue weighted by atomic mass is 16.6. The Balaban J connectivity index is 1.53. The number of carbonyl (C=O) groups is 1. The maximum Gasteiger partial charge on any atom is 0.269 e. The Labute approximate surface area is 166 Å². The smallest absolute Gasteiger partial charge is 0.269 e. The van der Waals surface area contributed by atoms with Gasteiger partial charge in [-0.2, -0.15) is 5.10 Å². The molecular weight excluding hydrogens is 376 g/mol. The summed E-state index contributed by atoms with van der Waals surface area (Å²) >= 11 is 0. The number of methoxy groups -OCH3 is 1. The number of nitrogens with zero attached hydrogens (tertiary/aromatic N) is 2. The SMILES string of the molecule is COc1ccccc1NCC(=O)N/N=C\c1ccc(-c2ccc([N+](=O)[O-])cc2)o1. The van der Waals surface area contributed by atoms with Crippen LogP contribution in [0.15, 0.2) is 70.2 Å². The van der Waals surface area contributed by atoms with Crippen molar-refractivity contribution in [2.45, 2.75) is 0 Å². The lowest BCUT2D eigenvalue weighted by molar-refractivity contribution is -0.384. The van der Waals surface area contributed by atoms with Gasteiger partial charge in [0.1, 0.15) is 17.3 Å². The van der Waals surface area contributed by atoms with Crippen LogP contribution in [0.3, 0.4) is 0 Å². The minimum Gasteiger partial charge on any atom is -0.495 e. The Morgan fingerprint density at radius 2 is 1.93 bits per heavy atom. The molecule has 0 radical (unpaired) electrons. The molecule has 3 aromatic rings. The summed E-state index contributed by atoms with van der Waals surface area (Å²) in [5.74, 6) is 1.26. The normalized spacial score (nSPS) is 10.7. The number of hydrazone groups is 1. The average Bonchev–Trinajstić information content (AvgIpc) is 3.21. The molecule has 2 aromatic carbocycles. The van der Waals surface area contributed by atoms with Gasteiger partial charge in [-0.3, -0.25) is 14.9 Å². The number of furan rings is 1. The van der Waals surface area contributed by atoms with Crippen molar-refractivity contribution in [1.29, 1.82) is 0 Å². The van der Waals surface area contributed by atoms with E-state index in [9.17, 15) is 14.9 Å². The van der Waals surface area contributed by atoms with E-state index in [1.807, 2.05) is 12.1 Å². The number of hydrogen-bond acceptors (Lipinski definition) is 7. The highest BCUT2D eigenvalue weighted by Crippen LogP contribution is 2.24. The fraction of sp³-hybridized carbons (Fsp3) is 0.100. The maximum atomic E-state index is 11.9. The van der Waals surface area contributed by atoms with Crippen LogP contribution in [-0.4, -0.2) is 30.7 Å². The van der Waals surface area contributed by atoms with E-state index in [0.29, 0.717) is 28.5 Å². The van der Waals surface area contributed by atoms with E-state index < -0.39 is 4.92 Å². The van der Waals surface area contributed by atoms with Crippen molar-refractivity contribution in [3.63, 3.8) is 0 Å². The number of nitro benzene ring substituents is 1. The summed E-state index contributed by atoms with van der Waals surface area (Å²) in [4.78, 5) is 22.1. The van der Waals surface area contributed by atoms with E-state index in [-0.39, 0.29) is 18.1 Å². The summed E-state index contributed by atoms with van der Waals surface area (Å²) in [6.45, 7) is 0.0178. The standard InChI is InChI=1S/C20H18N4O5/c1-28-19-5-3-2-4-17(19)21-13-20(25)23-22-12-16-10-11-18(29-16)14-6-8-15(9-7-14)24(26)27/h2-12,21H,13H2,1H3,(H,23,25)/b22-12-. The molecule has 0 saturated carbocycles. The number of ether oxygens (including phenoxy) is 1. The van der Waals surface area contributed by atoms with Crippen LogP contribution in [0.2, 0.25) is 0 Å². The highest BCUT2D eigenvalue weighted by Gasteiger charge is 2.08. The first-order valence-corrected chi connectivity index (χ1v) is 8.60. The van der Waals surface area contributed by atoms with Crippen LogP contribution >= 0.6 is 0 Å². The second-order valence-electron chi connectivity index (χ2n) is 5.85. The van der Waals surface area contributed by atoms with Crippen molar-refractivity contribution < 1.29 is 18.9 Å². The molecule has 0 aliphatic heterocycles. The number of para-hydroxylation sites is 2. The summed E-state index contributed by atoms with van der Waals surface area (Å²) in [5, 5.41) is 17.5. The molecule has 0 aliphatic carbocycles. The van der Waals surface area contributed by atoms with Gasteiger partial charge in [-0.25, -0.2) is 5.43 Å². The van der Waals surface area contributed by atoms with E-state index >= 15 is 0 Å². The fourth-order valence-electron chi connectivity index (χ4n) is 2.50. The number of nitrogens with one attached hydrogen (secondary N) is 2. The van der Waals surface area contributed by atoms with E-state index in [2.05, 4.69) is 15.8 Å². The lowest BCUT2D eigenvalue weighted by Gasteiger charge is -2.09. The molecule has 9 heteroatoms. The Bertz CT molecular complexity index is 1030. The van der Waals surface area contributed by atoms with Gasteiger partial charge in [0.15, 0.2) is 0 Å². The number of carbonyl (C=O) groups excluding carboxylic acids is 1. The number of amides is 1. The molecule has 0 bridgehead atoms. The predicted molar refractivity (Wildman–Crippen MR) is 108 cm³/mol. The zero-order valence-electron chi connectivity index (χ0n) is 15.5. The van der Waals surface area contributed by atoms with Gasteiger partial charge >= 0.3 is 0 Å². The summed E-state index contributed by atoms with van der Waals surface area (Å²) < 4.78 is 10.8. The van der Waals surface area contributed by atoms with E-state index in [1.165, 1.54) is 18.3 Å². The largest absolute Gasteiger partial charge is 0.495 e. The monoisotopic (exact) mass is 394 g/mol. The van der Waals surface area contributed by atoms with Crippen molar-refractivity contribution in [3.05, 3.63) is 76.5 Å². The number of anilines is 1. The van der Waals surface area contributed by atoms with Gasteiger partial charge in [-0.05, 0) is 36.4 Å². The van der Waals surface area contributed by atoms with Gasteiger partial charge in [-0.1, -0.05) is 12.1 Å². The third-order valence-electron chi connectivity index (χ3n) is 3.92. The van der Waals surface area contributed by atoms with E-state index in [4.69, 9.17) is 9.15 Å². The van der Waals surface area contributed by atoms with Gasteiger partial charge < -0.3 is 14.5 Å². The molecule has 1 amide bonds. The molecular formula is C20H18N4O5. The summed E-state index contributed by atoms with van der Waals surface area (Å²) in [5.41, 5.74) is 3.80. The van der Waals surface area contributed by atoms with Crippen LogP contribution in [0, 0.1) is 10.1 Å². The molecule has 0 spiro atoms. The Kier molecular flexibility index (Phi) is 6.21. The lowest BCUT2D eigenvalue weighted by Crippen LogP contribution is -2.26. The first-order valence-electron chi connectivity index (χ1n) is 8.60. The van der Waals surface area contributed by atoms with Gasteiger partial charge in [0.25, 0.3) is 11.6 Å². The minimum atomic E-state index is -0.463. The Hall–Kier alpha value is -4.14. The summed E-state index contributed by atoms with van der Waals surface area (Å²) in [6, 6.07) is 16.7. The van der Waals surface area contributed by atoms with Crippen LogP contribution in [0.5, 0.6) is 5.75 Å². The van der Waals surface area contributed by atoms with Gasteiger partial charge in [-0.15, -0.1) is 0 Å². The molecule has 0 unspecified atom stereocenters. The van der Waals surface area contributed by atoms with E-state index in [0.717, 1.165) is 0 Å². The van der Waals surface area contributed by atoms with Crippen molar-refractivity contribution in [2.24, 2.45) is 5.10 Å². The van der Waals surface area contributed by atoms with Crippen molar-refractivity contribution in [3.8, 4) is 17.1 Å². The first-order chi connectivity index (χ1) is 14.1. The van der Waals surface area contributed by atoms with Crippen LogP contribution in [0.4, 0.5) is 11.4 Å². The van der Waals surface area contributed by atoms with Crippen LogP contribution in [0.1, 0.15) is 5.76 Å². The third kappa shape index (κ3) is 5.19. The second kappa shape index (κ2) is 9.18. The molecule has 0 atom stereocenters. The van der Waals surface area contributed by atoms with Crippen molar-refractivity contribution in [2.75, 3.05) is 19.0 Å². The molecule has 1 heterocycles. The first kappa shape index (κ1) is 19.6. The summed E-state index contributed by atoms with van der Waals surface area (Å²) in [6.07, 6.45) is 1.37. The second-order valence-corrected chi connectivity index (χ2v) is 5.85. The fourth-order valence-corrected chi connectivity index (χ4v) is 2.50. The van der Waals surface area contributed by atoms with Gasteiger partial charge in [0.2, 0.25) is 0 Å². The topological polar surface area (TPSA) is 119 Å². The Morgan fingerprint density at radius 1 is 1.17 bits per heavy atom. The quantitative estimate of drug-likeness (QED) is 0.343. The number of hydrogen-bond donors (Lipinski definition) is 2. The molecule has 0 saturated heterocycles. The highest BCUT2D eigenvalue weighted by molar-refractivity contribution is 5.83. The van der Waals surface area contributed by atoms with Crippen molar-refractivity contribution in [1.82, 2.24) is 5.43 Å². The zero-order valence-corrected chi connectivity index (χ0v) is 15.5. The van der Waals surface area contributed by atoms with Crippen molar-refractivity contribution >= 4 is 23.5 Å². The molecule has 9 nitrogen and oxygen atoms in total. The molecule has 3 rings (SSSR count). The molecule has 1 aromatic heterocycles. The van der Waals surface area contributed by atoms with Crippen LogP contribution in [-0.2, 0) is 4.79 Å². The molecule has 2 N–H and O–H groups in total. The molecule has 0 aliphatic rings. The van der Waals surface area contributed by atoms with Crippen LogP contribution < -0.4 is 15.5 Å². The number of nitro groups is 1. The minimum absolute atomic E-state index is 0.00605. The average molecular weight is 394 g/mol. The Morgan fingerprint density at radius 3 is 2.66 bits per heavy atom. The maximum absolute atomic E-state index is 11.9. The zero-order chi connectivity index (χ0) is 20.6. The molecule has 29 heavy (non-hydrogen) atoms. The number of non-ortho nitro benzene ring substituents is 1. The molecule has 0 fully saturated rings.